The Bertz CT molecular complexity index is 347. The molecule has 0 amide bonds. The second-order valence-corrected chi connectivity index (χ2v) is 5.81. The molecule has 0 spiro atoms. The van der Waals surface area contributed by atoms with Crippen LogP contribution >= 0.6 is 0 Å². The third-order valence-electron chi connectivity index (χ3n) is 4.27. The monoisotopic (exact) mass is 246 g/mol. The molecule has 1 aromatic rings. The van der Waals surface area contributed by atoms with E-state index in [2.05, 4.69) is 49.1 Å². The van der Waals surface area contributed by atoms with E-state index in [0.717, 1.165) is 13.1 Å². The minimum absolute atomic E-state index is 0.635. The zero-order valence-corrected chi connectivity index (χ0v) is 11.7. The first kappa shape index (κ1) is 13.6. The molecule has 100 valence electrons. The largest absolute Gasteiger partial charge is 0.330 e. The van der Waals surface area contributed by atoms with Gasteiger partial charge in [-0.1, -0.05) is 44.2 Å². The third-order valence-corrected chi connectivity index (χ3v) is 4.27. The van der Waals surface area contributed by atoms with Crippen molar-refractivity contribution >= 4 is 0 Å². The second-order valence-electron chi connectivity index (χ2n) is 5.81. The van der Waals surface area contributed by atoms with Crippen molar-refractivity contribution in [3.05, 3.63) is 35.9 Å². The van der Waals surface area contributed by atoms with Gasteiger partial charge < -0.3 is 5.73 Å². The van der Waals surface area contributed by atoms with Crippen molar-refractivity contribution in [1.82, 2.24) is 4.90 Å². The van der Waals surface area contributed by atoms with Crippen LogP contribution in [0, 0.1) is 11.8 Å². The van der Waals surface area contributed by atoms with Crippen LogP contribution in [0.2, 0.25) is 0 Å². The van der Waals surface area contributed by atoms with Crippen LogP contribution in [0.1, 0.15) is 32.3 Å². The molecule has 1 saturated heterocycles. The normalized spacial score (nSPS) is 22.6. The van der Waals surface area contributed by atoms with Crippen LogP contribution in [-0.4, -0.2) is 24.0 Å². The summed E-state index contributed by atoms with van der Waals surface area (Å²) >= 11 is 0. The summed E-state index contributed by atoms with van der Waals surface area (Å²) in [5.74, 6) is 1.31. The highest BCUT2D eigenvalue weighted by atomic mass is 15.2. The number of benzene rings is 1. The Balaban J connectivity index is 2.03. The molecule has 0 aromatic heterocycles. The lowest BCUT2D eigenvalue weighted by Gasteiger charge is -2.33. The van der Waals surface area contributed by atoms with Crippen molar-refractivity contribution in [3.8, 4) is 0 Å². The lowest BCUT2D eigenvalue weighted by molar-refractivity contribution is 0.154. The fourth-order valence-electron chi connectivity index (χ4n) is 3.22. The molecule has 2 unspecified atom stereocenters. The van der Waals surface area contributed by atoms with Crippen LogP contribution in [-0.2, 0) is 6.54 Å². The molecule has 18 heavy (non-hydrogen) atoms. The first-order valence-electron chi connectivity index (χ1n) is 7.20. The minimum atomic E-state index is 0.635. The Labute approximate surface area is 111 Å². The van der Waals surface area contributed by atoms with Gasteiger partial charge in [0.2, 0.25) is 0 Å². The SMILES string of the molecule is CC(C)C(CN)C1CCCN1Cc1ccccc1. The van der Waals surface area contributed by atoms with Gasteiger partial charge in [-0.05, 0) is 43.3 Å². The zero-order valence-electron chi connectivity index (χ0n) is 11.7. The summed E-state index contributed by atoms with van der Waals surface area (Å²) in [6.45, 7) is 7.72. The summed E-state index contributed by atoms with van der Waals surface area (Å²) in [6.07, 6.45) is 2.63. The molecular formula is C16H26N2. The van der Waals surface area contributed by atoms with Crippen molar-refractivity contribution in [2.24, 2.45) is 17.6 Å². The molecule has 2 heteroatoms. The van der Waals surface area contributed by atoms with Crippen molar-refractivity contribution in [2.45, 2.75) is 39.3 Å². The number of rotatable bonds is 5. The highest BCUT2D eigenvalue weighted by Crippen LogP contribution is 2.29. The Morgan fingerprint density at radius 1 is 1.28 bits per heavy atom. The molecule has 1 fully saturated rings. The number of hydrogen-bond acceptors (Lipinski definition) is 2. The second kappa shape index (κ2) is 6.35. The van der Waals surface area contributed by atoms with Gasteiger partial charge in [-0.2, -0.15) is 0 Å². The maximum Gasteiger partial charge on any atom is 0.0236 e. The summed E-state index contributed by atoms with van der Waals surface area (Å²) in [7, 11) is 0. The zero-order chi connectivity index (χ0) is 13.0. The lowest BCUT2D eigenvalue weighted by Crippen LogP contribution is -2.41. The van der Waals surface area contributed by atoms with Gasteiger partial charge in [-0.25, -0.2) is 0 Å². The fraction of sp³-hybridized carbons (Fsp3) is 0.625. The molecule has 0 saturated carbocycles. The number of hydrogen-bond donors (Lipinski definition) is 1. The summed E-state index contributed by atoms with van der Waals surface area (Å²) in [4.78, 5) is 2.63. The molecule has 0 bridgehead atoms. The topological polar surface area (TPSA) is 29.3 Å². The molecule has 0 aliphatic carbocycles. The molecule has 1 heterocycles. The predicted octanol–water partition coefficient (Wildman–Crippen LogP) is 2.88. The van der Waals surface area contributed by atoms with E-state index in [0.29, 0.717) is 17.9 Å². The van der Waals surface area contributed by atoms with Gasteiger partial charge in [0.1, 0.15) is 0 Å². The number of nitrogens with two attached hydrogens (primary N) is 1. The van der Waals surface area contributed by atoms with E-state index in [-0.39, 0.29) is 0 Å². The standard InChI is InChI=1S/C16H26N2/c1-13(2)15(11-17)16-9-6-10-18(16)12-14-7-4-3-5-8-14/h3-5,7-8,13,15-16H,6,9-12,17H2,1-2H3. The fourth-order valence-corrected chi connectivity index (χ4v) is 3.22. The van der Waals surface area contributed by atoms with Crippen LogP contribution in [0.15, 0.2) is 30.3 Å². The Hall–Kier alpha value is -0.860. The Kier molecular flexibility index (Phi) is 4.79. The van der Waals surface area contributed by atoms with E-state index >= 15 is 0 Å². The number of nitrogens with zero attached hydrogens (tertiary/aromatic N) is 1. The Morgan fingerprint density at radius 3 is 2.61 bits per heavy atom. The molecule has 1 aliphatic rings. The average molecular weight is 246 g/mol. The van der Waals surface area contributed by atoms with Gasteiger partial charge in [0, 0.05) is 12.6 Å². The van der Waals surface area contributed by atoms with Crippen LogP contribution in [0.4, 0.5) is 0 Å². The van der Waals surface area contributed by atoms with E-state index in [1.807, 2.05) is 0 Å². The maximum atomic E-state index is 5.98. The van der Waals surface area contributed by atoms with E-state index in [1.165, 1.54) is 24.9 Å². The van der Waals surface area contributed by atoms with Crippen molar-refractivity contribution < 1.29 is 0 Å². The first-order chi connectivity index (χ1) is 8.72. The van der Waals surface area contributed by atoms with Crippen molar-refractivity contribution in [1.29, 1.82) is 0 Å². The molecule has 0 radical (unpaired) electrons. The molecule has 1 aliphatic heterocycles. The van der Waals surface area contributed by atoms with E-state index in [4.69, 9.17) is 5.73 Å². The summed E-state index contributed by atoms with van der Waals surface area (Å²) < 4.78 is 0. The first-order valence-corrected chi connectivity index (χ1v) is 7.20. The average Bonchev–Trinajstić information content (AvgIpc) is 2.79. The summed E-state index contributed by atoms with van der Waals surface area (Å²) in [5, 5.41) is 0. The third kappa shape index (κ3) is 3.12. The molecular weight excluding hydrogens is 220 g/mol. The van der Waals surface area contributed by atoms with Gasteiger partial charge in [0.05, 0.1) is 0 Å². The predicted molar refractivity (Wildman–Crippen MR) is 77.3 cm³/mol. The molecule has 2 atom stereocenters. The molecule has 2 nitrogen and oxygen atoms in total. The smallest absolute Gasteiger partial charge is 0.0236 e. The van der Waals surface area contributed by atoms with Gasteiger partial charge in [-0.3, -0.25) is 4.90 Å². The van der Waals surface area contributed by atoms with Crippen LogP contribution in [0.5, 0.6) is 0 Å². The summed E-state index contributed by atoms with van der Waals surface area (Å²) in [6, 6.07) is 11.5. The maximum absolute atomic E-state index is 5.98. The molecule has 1 aromatic carbocycles. The quantitative estimate of drug-likeness (QED) is 0.865. The summed E-state index contributed by atoms with van der Waals surface area (Å²) in [5.41, 5.74) is 7.40. The van der Waals surface area contributed by atoms with E-state index in [9.17, 15) is 0 Å². The lowest BCUT2D eigenvalue weighted by atomic mass is 9.87. The van der Waals surface area contributed by atoms with E-state index in [1.54, 1.807) is 0 Å². The molecule has 2 rings (SSSR count). The van der Waals surface area contributed by atoms with Crippen LogP contribution in [0.3, 0.4) is 0 Å². The van der Waals surface area contributed by atoms with Crippen LogP contribution in [0.25, 0.3) is 0 Å². The van der Waals surface area contributed by atoms with Crippen molar-refractivity contribution in [3.63, 3.8) is 0 Å². The molecule has 2 N–H and O–H groups in total. The van der Waals surface area contributed by atoms with Gasteiger partial charge in [0.25, 0.3) is 0 Å². The van der Waals surface area contributed by atoms with Gasteiger partial charge in [0.15, 0.2) is 0 Å². The Morgan fingerprint density at radius 2 is 2.00 bits per heavy atom. The van der Waals surface area contributed by atoms with Gasteiger partial charge in [-0.15, -0.1) is 0 Å². The number of likely N-dealkylation sites (tertiary alicyclic amines) is 1. The van der Waals surface area contributed by atoms with Crippen LogP contribution < -0.4 is 5.73 Å². The van der Waals surface area contributed by atoms with Crippen molar-refractivity contribution in [2.75, 3.05) is 13.1 Å². The van der Waals surface area contributed by atoms with Gasteiger partial charge >= 0.3 is 0 Å². The highest BCUT2D eigenvalue weighted by Gasteiger charge is 2.32. The van der Waals surface area contributed by atoms with E-state index < -0.39 is 0 Å². The minimum Gasteiger partial charge on any atom is -0.330 e. The highest BCUT2D eigenvalue weighted by molar-refractivity contribution is 5.15.